The van der Waals surface area contributed by atoms with Crippen molar-refractivity contribution in [1.82, 2.24) is 0 Å². The first-order valence-corrected chi connectivity index (χ1v) is 3.78. The third kappa shape index (κ3) is 1.81. The van der Waals surface area contributed by atoms with E-state index >= 15 is 0 Å². The standard InChI is InChI=1S/C9H12N2O/c1-7(11-10)8-4-3-5-9(6-8)12-2/h3-7,10H,1-2H3/t7-/m0/s1. The fourth-order valence-corrected chi connectivity index (χ4v) is 0.976. The molecule has 12 heavy (non-hydrogen) atoms. The van der Waals surface area contributed by atoms with E-state index in [9.17, 15) is 0 Å². The second-order valence-corrected chi connectivity index (χ2v) is 2.58. The summed E-state index contributed by atoms with van der Waals surface area (Å²) >= 11 is 0. The molecular formula is C9H12N2O. The fourth-order valence-electron chi connectivity index (χ4n) is 0.976. The van der Waals surface area contributed by atoms with E-state index in [-0.39, 0.29) is 6.04 Å². The maximum Gasteiger partial charge on any atom is 0.119 e. The average Bonchev–Trinajstić information content (AvgIpc) is 2.17. The van der Waals surface area contributed by atoms with E-state index in [1.165, 1.54) is 0 Å². The zero-order valence-corrected chi connectivity index (χ0v) is 7.24. The van der Waals surface area contributed by atoms with Crippen molar-refractivity contribution in [3.63, 3.8) is 0 Å². The first-order valence-electron chi connectivity index (χ1n) is 3.78. The second kappa shape index (κ2) is 3.85. The van der Waals surface area contributed by atoms with Gasteiger partial charge in [0.05, 0.1) is 13.2 Å². The van der Waals surface area contributed by atoms with Crippen molar-refractivity contribution in [3.05, 3.63) is 29.8 Å². The number of methoxy groups -OCH3 is 1. The van der Waals surface area contributed by atoms with Gasteiger partial charge < -0.3 is 4.74 Å². The Bertz CT molecular complexity index is 273. The molecule has 0 unspecified atom stereocenters. The van der Waals surface area contributed by atoms with Crippen molar-refractivity contribution in [3.8, 4) is 5.75 Å². The Morgan fingerprint density at radius 1 is 1.50 bits per heavy atom. The third-order valence-electron chi connectivity index (χ3n) is 1.77. The van der Waals surface area contributed by atoms with Crippen molar-refractivity contribution >= 4 is 0 Å². The van der Waals surface area contributed by atoms with Gasteiger partial charge in [0.25, 0.3) is 0 Å². The number of benzene rings is 1. The van der Waals surface area contributed by atoms with Gasteiger partial charge in [-0.05, 0) is 24.6 Å². The smallest absolute Gasteiger partial charge is 0.119 e. The van der Waals surface area contributed by atoms with Gasteiger partial charge in [-0.25, -0.2) is 5.53 Å². The lowest BCUT2D eigenvalue weighted by Gasteiger charge is -2.05. The minimum atomic E-state index is -0.0832. The molecule has 0 heterocycles. The Hall–Kier alpha value is -1.38. The molecule has 1 rings (SSSR count). The summed E-state index contributed by atoms with van der Waals surface area (Å²) in [5, 5.41) is 3.43. The highest BCUT2D eigenvalue weighted by atomic mass is 16.5. The molecule has 1 N–H and O–H groups in total. The molecule has 64 valence electrons. The van der Waals surface area contributed by atoms with Crippen molar-refractivity contribution in [1.29, 1.82) is 5.53 Å². The van der Waals surface area contributed by atoms with Crippen LogP contribution in [0.4, 0.5) is 0 Å². The largest absolute Gasteiger partial charge is 0.497 e. The number of ether oxygens (including phenoxy) is 1. The molecule has 0 bridgehead atoms. The summed E-state index contributed by atoms with van der Waals surface area (Å²) in [4.78, 5) is 0. The van der Waals surface area contributed by atoms with E-state index in [1.807, 2.05) is 31.2 Å². The number of hydrogen-bond acceptors (Lipinski definition) is 3. The molecule has 0 aromatic heterocycles. The van der Waals surface area contributed by atoms with Crippen LogP contribution >= 0.6 is 0 Å². The van der Waals surface area contributed by atoms with Crippen LogP contribution in [-0.4, -0.2) is 7.11 Å². The minimum absolute atomic E-state index is 0.0832. The zero-order chi connectivity index (χ0) is 8.97. The van der Waals surface area contributed by atoms with Gasteiger partial charge in [0, 0.05) is 0 Å². The number of nitrogens with zero attached hydrogens (tertiary/aromatic N) is 1. The van der Waals surface area contributed by atoms with Crippen LogP contribution in [0, 0.1) is 5.53 Å². The summed E-state index contributed by atoms with van der Waals surface area (Å²) in [6, 6.07) is 7.52. The molecule has 1 atom stereocenters. The fraction of sp³-hybridized carbons (Fsp3) is 0.333. The lowest BCUT2D eigenvalue weighted by molar-refractivity contribution is 0.414. The van der Waals surface area contributed by atoms with Crippen molar-refractivity contribution < 1.29 is 4.74 Å². The lowest BCUT2D eigenvalue weighted by Crippen LogP contribution is -1.89. The Labute approximate surface area is 71.9 Å². The van der Waals surface area contributed by atoms with Crippen LogP contribution in [0.5, 0.6) is 5.75 Å². The average molecular weight is 164 g/mol. The Kier molecular flexibility index (Phi) is 2.80. The molecule has 0 aliphatic rings. The van der Waals surface area contributed by atoms with Gasteiger partial charge in [0.15, 0.2) is 0 Å². The second-order valence-electron chi connectivity index (χ2n) is 2.58. The molecule has 0 radical (unpaired) electrons. The molecule has 0 saturated heterocycles. The van der Waals surface area contributed by atoms with Crippen molar-refractivity contribution in [2.75, 3.05) is 7.11 Å². The highest BCUT2D eigenvalue weighted by molar-refractivity contribution is 5.30. The quantitative estimate of drug-likeness (QED) is 0.686. The Balaban J connectivity index is 2.93. The summed E-state index contributed by atoms with van der Waals surface area (Å²) < 4.78 is 5.05. The van der Waals surface area contributed by atoms with Crippen LogP contribution in [0.2, 0.25) is 0 Å². The van der Waals surface area contributed by atoms with Gasteiger partial charge in [-0.15, -0.1) is 0 Å². The van der Waals surface area contributed by atoms with Gasteiger partial charge in [-0.2, -0.15) is 5.11 Å². The molecule has 0 saturated carbocycles. The number of rotatable bonds is 3. The van der Waals surface area contributed by atoms with Crippen LogP contribution in [0.25, 0.3) is 0 Å². The molecule has 3 nitrogen and oxygen atoms in total. The van der Waals surface area contributed by atoms with Crippen LogP contribution < -0.4 is 4.74 Å². The molecule has 3 heteroatoms. The molecule has 0 aliphatic heterocycles. The molecule has 0 aliphatic carbocycles. The number of hydrogen-bond donors (Lipinski definition) is 1. The predicted octanol–water partition coefficient (Wildman–Crippen LogP) is 2.79. The van der Waals surface area contributed by atoms with E-state index < -0.39 is 0 Å². The van der Waals surface area contributed by atoms with Gasteiger partial charge >= 0.3 is 0 Å². The van der Waals surface area contributed by atoms with Gasteiger partial charge in [-0.1, -0.05) is 12.1 Å². The summed E-state index contributed by atoms with van der Waals surface area (Å²) in [5.74, 6) is 0.808. The molecule has 1 aromatic carbocycles. The first-order chi connectivity index (χ1) is 5.77. The summed E-state index contributed by atoms with van der Waals surface area (Å²) in [5.41, 5.74) is 7.86. The third-order valence-corrected chi connectivity index (χ3v) is 1.77. The Morgan fingerprint density at radius 2 is 2.25 bits per heavy atom. The monoisotopic (exact) mass is 164 g/mol. The minimum Gasteiger partial charge on any atom is -0.497 e. The highest BCUT2D eigenvalue weighted by Crippen LogP contribution is 2.20. The van der Waals surface area contributed by atoms with E-state index in [1.54, 1.807) is 7.11 Å². The van der Waals surface area contributed by atoms with Crippen LogP contribution in [0.3, 0.4) is 0 Å². The maximum absolute atomic E-state index is 6.86. The Morgan fingerprint density at radius 3 is 2.83 bits per heavy atom. The van der Waals surface area contributed by atoms with Crippen LogP contribution in [-0.2, 0) is 0 Å². The van der Waals surface area contributed by atoms with Crippen molar-refractivity contribution in [2.24, 2.45) is 5.11 Å². The van der Waals surface area contributed by atoms with E-state index in [0.717, 1.165) is 11.3 Å². The van der Waals surface area contributed by atoms with E-state index in [0.29, 0.717) is 0 Å². The lowest BCUT2D eigenvalue weighted by atomic mass is 10.1. The number of nitrogens with one attached hydrogen (secondary N) is 1. The van der Waals surface area contributed by atoms with Gasteiger partial charge in [-0.3, -0.25) is 0 Å². The van der Waals surface area contributed by atoms with E-state index in [2.05, 4.69) is 5.11 Å². The van der Waals surface area contributed by atoms with Crippen LogP contribution in [0.15, 0.2) is 29.4 Å². The van der Waals surface area contributed by atoms with E-state index in [4.69, 9.17) is 10.3 Å². The van der Waals surface area contributed by atoms with Gasteiger partial charge in [0.2, 0.25) is 0 Å². The summed E-state index contributed by atoms with van der Waals surface area (Å²) in [6.45, 7) is 1.88. The van der Waals surface area contributed by atoms with Gasteiger partial charge in [0.1, 0.15) is 5.75 Å². The zero-order valence-electron chi connectivity index (χ0n) is 7.24. The summed E-state index contributed by atoms with van der Waals surface area (Å²) in [6.07, 6.45) is 0. The molecular weight excluding hydrogens is 152 g/mol. The molecule has 0 fully saturated rings. The van der Waals surface area contributed by atoms with Crippen molar-refractivity contribution in [2.45, 2.75) is 13.0 Å². The summed E-state index contributed by atoms with van der Waals surface area (Å²) in [7, 11) is 1.63. The topological polar surface area (TPSA) is 45.4 Å². The predicted molar refractivity (Wildman–Crippen MR) is 46.6 cm³/mol. The van der Waals surface area contributed by atoms with Crippen LogP contribution in [0.1, 0.15) is 18.5 Å². The maximum atomic E-state index is 6.86. The molecule has 0 amide bonds. The highest BCUT2D eigenvalue weighted by Gasteiger charge is 2.02. The first kappa shape index (κ1) is 8.71. The SMILES string of the molecule is COc1cccc([C@H](C)N=N)c1. The molecule has 0 spiro atoms. The molecule has 1 aromatic rings. The normalized spacial score (nSPS) is 12.2.